The molecule has 2 atom stereocenters. The molecule has 0 aromatic rings. The van der Waals surface area contributed by atoms with Crippen molar-refractivity contribution < 1.29 is 76.3 Å². The minimum absolute atomic E-state index is 0.0585. The van der Waals surface area contributed by atoms with Gasteiger partial charge in [-0.3, -0.25) is 4.79 Å². The summed E-state index contributed by atoms with van der Waals surface area (Å²) in [6.45, 7) is 19.7. The van der Waals surface area contributed by atoms with Crippen LogP contribution in [0.4, 0.5) is 9.59 Å². The Morgan fingerprint density at radius 2 is 1.00 bits per heavy atom. The van der Waals surface area contributed by atoms with Crippen LogP contribution in [0.2, 0.25) is 0 Å². The summed E-state index contributed by atoms with van der Waals surface area (Å²) in [7, 11) is 0. The van der Waals surface area contributed by atoms with Crippen molar-refractivity contribution in [3.8, 4) is 0 Å². The Kier molecular flexibility index (Phi) is 19.3. The number of alkyl carbamates (subject to hydrolysis) is 2. The maximum Gasteiger partial charge on any atom is 0.408 e. The van der Waals surface area contributed by atoms with Gasteiger partial charge in [-0.15, -0.1) is 0 Å². The second kappa shape index (κ2) is 22.4. The van der Waals surface area contributed by atoms with Gasteiger partial charge in [0.05, 0.1) is 0 Å². The van der Waals surface area contributed by atoms with E-state index in [-0.39, 0.29) is 6.54 Å². The number of hydrogen-bond donors (Lipinski definition) is 2. The Morgan fingerprint density at radius 3 is 1.39 bits per heavy atom. The Balaban J connectivity index is 3.08. The molecule has 1 fully saturated rings. The highest BCUT2D eigenvalue weighted by Crippen LogP contribution is 2.49. The van der Waals surface area contributed by atoms with Crippen LogP contribution in [0.5, 0.6) is 0 Å². The topological polar surface area (TPSA) is 234 Å². The zero-order chi connectivity index (χ0) is 42.6. The van der Waals surface area contributed by atoms with Crippen molar-refractivity contribution in [2.45, 2.75) is 58.6 Å². The maximum absolute atomic E-state index is 13.3. The number of ether oxygens (including phenoxy) is 8. The van der Waals surface area contributed by atoms with Gasteiger partial charge in [0.15, 0.2) is 0 Å². The van der Waals surface area contributed by atoms with Gasteiger partial charge in [-0.25, -0.2) is 33.6 Å². The zero-order valence-electron chi connectivity index (χ0n) is 32.3. The van der Waals surface area contributed by atoms with Crippen LogP contribution >= 0.6 is 0 Å². The molecule has 18 nitrogen and oxygen atoms in total. The first-order chi connectivity index (χ1) is 26.2. The largest absolute Gasteiger partial charge is 0.465 e. The molecule has 1 saturated carbocycles. The lowest BCUT2D eigenvalue weighted by molar-refractivity contribution is -0.170. The van der Waals surface area contributed by atoms with Crippen molar-refractivity contribution in [2.24, 2.45) is 16.2 Å². The standard InChI is InChI=1S/C38H52N2O16/c1-10-28(42)50-20-37(19-49-26(6)41,21-51-29(43)11-2)22-55-34(48)40-27-15-16-36(9,35(7,8)17-27)18-39-33(47)56-38(23-52-30(44)12-3,24-53-31(45)13-4)25-54-32(46)14-5/h10-14,27H,1-5,15-25H2,6-9H3,(H,39,47)(H,40,48). The van der Waals surface area contributed by atoms with E-state index in [0.717, 1.165) is 37.3 Å². The van der Waals surface area contributed by atoms with Crippen LogP contribution in [0.25, 0.3) is 0 Å². The lowest BCUT2D eigenvalue weighted by Gasteiger charge is -2.50. The summed E-state index contributed by atoms with van der Waals surface area (Å²) in [6, 6.07) is -0.399. The molecule has 1 aliphatic rings. The average molecular weight is 793 g/mol. The van der Waals surface area contributed by atoms with Gasteiger partial charge >= 0.3 is 48.0 Å². The van der Waals surface area contributed by atoms with Crippen LogP contribution < -0.4 is 10.6 Å². The number of esters is 6. The third-order valence-corrected chi connectivity index (χ3v) is 9.09. The molecule has 1 aliphatic carbocycles. The molecule has 0 spiro atoms. The predicted octanol–water partition coefficient (Wildman–Crippen LogP) is 2.96. The van der Waals surface area contributed by atoms with Gasteiger partial charge in [0, 0.05) is 49.9 Å². The average Bonchev–Trinajstić information content (AvgIpc) is 3.17. The van der Waals surface area contributed by atoms with E-state index in [4.69, 9.17) is 37.9 Å². The number of carbonyl (C=O) groups excluding carboxylic acids is 8. The van der Waals surface area contributed by atoms with Crippen molar-refractivity contribution in [3.05, 3.63) is 63.3 Å². The Morgan fingerprint density at radius 1 is 0.607 bits per heavy atom. The second-order valence-corrected chi connectivity index (χ2v) is 13.9. The first-order valence-corrected chi connectivity index (χ1v) is 17.2. The van der Waals surface area contributed by atoms with E-state index >= 15 is 0 Å². The van der Waals surface area contributed by atoms with E-state index in [2.05, 4.69) is 43.5 Å². The van der Waals surface area contributed by atoms with Crippen LogP contribution in [0.3, 0.4) is 0 Å². The summed E-state index contributed by atoms with van der Waals surface area (Å²) in [6.07, 6.45) is 3.85. The van der Waals surface area contributed by atoms with Crippen molar-refractivity contribution in [3.63, 3.8) is 0 Å². The van der Waals surface area contributed by atoms with E-state index in [1.807, 2.05) is 20.8 Å². The predicted molar refractivity (Wildman–Crippen MR) is 196 cm³/mol. The fraction of sp³-hybridized carbons (Fsp3) is 0.526. The first-order valence-electron chi connectivity index (χ1n) is 17.2. The first kappa shape index (κ1) is 48.1. The summed E-state index contributed by atoms with van der Waals surface area (Å²) in [4.78, 5) is 97.3. The van der Waals surface area contributed by atoms with Crippen LogP contribution in [0.15, 0.2) is 63.3 Å². The summed E-state index contributed by atoms with van der Waals surface area (Å²) in [5.41, 5.74) is -4.58. The molecule has 2 amide bonds. The fourth-order valence-corrected chi connectivity index (χ4v) is 5.24. The third-order valence-electron chi connectivity index (χ3n) is 9.09. The molecule has 1 rings (SSSR count). The van der Waals surface area contributed by atoms with E-state index in [1.54, 1.807) is 0 Å². The molecule has 18 heteroatoms. The van der Waals surface area contributed by atoms with Crippen molar-refractivity contribution in [1.29, 1.82) is 0 Å². The lowest BCUT2D eigenvalue weighted by Crippen LogP contribution is -2.55. The van der Waals surface area contributed by atoms with Gasteiger partial charge in [0.25, 0.3) is 0 Å². The van der Waals surface area contributed by atoms with Gasteiger partial charge in [-0.05, 0) is 30.1 Å². The van der Waals surface area contributed by atoms with Gasteiger partial charge in [-0.1, -0.05) is 53.7 Å². The molecule has 56 heavy (non-hydrogen) atoms. The van der Waals surface area contributed by atoms with Gasteiger partial charge in [0.2, 0.25) is 5.60 Å². The molecule has 0 aromatic carbocycles. The fourth-order valence-electron chi connectivity index (χ4n) is 5.24. The summed E-state index contributed by atoms with van der Waals surface area (Å²) in [5, 5.41) is 5.50. The van der Waals surface area contributed by atoms with Crippen molar-refractivity contribution in [1.82, 2.24) is 10.6 Å². The normalized spacial score (nSPS) is 17.2. The van der Waals surface area contributed by atoms with Crippen LogP contribution in [0, 0.1) is 16.2 Å². The smallest absolute Gasteiger partial charge is 0.408 e. The van der Waals surface area contributed by atoms with Crippen LogP contribution in [-0.4, -0.2) is 112 Å². The Labute approximate surface area is 325 Å². The van der Waals surface area contributed by atoms with Gasteiger partial charge in [-0.2, -0.15) is 0 Å². The summed E-state index contributed by atoms with van der Waals surface area (Å²) < 4.78 is 41.8. The molecule has 0 radical (unpaired) electrons. The second-order valence-electron chi connectivity index (χ2n) is 13.9. The molecular weight excluding hydrogens is 740 g/mol. The van der Waals surface area contributed by atoms with Crippen molar-refractivity contribution in [2.75, 3.05) is 52.8 Å². The van der Waals surface area contributed by atoms with Crippen LogP contribution in [-0.2, 0) is 66.7 Å². The Bertz CT molecular complexity index is 1430. The number of rotatable bonds is 23. The molecule has 2 unspecified atom stereocenters. The van der Waals surface area contributed by atoms with E-state index in [9.17, 15) is 38.4 Å². The zero-order valence-corrected chi connectivity index (χ0v) is 32.3. The highest BCUT2D eigenvalue weighted by molar-refractivity contribution is 5.83. The highest BCUT2D eigenvalue weighted by atomic mass is 16.6. The lowest BCUT2D eigenvalue weighted by atomic mass is 9.57. The Hall–Kier alpha value is -5.94. The molecule has 0 bridgehead atoms. The minimum atomic E-state index is -1.98. The molecule has 0 aromatic heterocycles. The quantitative estimate of drug-likeness (QED) is 0.0860. The molecule has 310 valence electrons. The molecule has 0 heterocycles. The SMILES string of the molecule is C=CC(=O)OCC(COC(C)=O)(COC(=O)C=C)COC(=O)NC1CCC(C)(CNC(=O)OC(COC(=O)C=C)(COC(=O)C=C)COC(=O)C=C)C(C)(C)C1. The summed E-state index contributed by atoms with van der Waals surface area (Å²) >= 11 is 0. The van der Waals surface area contributed by atoms with E-state index in [0.29, 0.717) is 19.3 Å². The van der Waals surface area contributed by atoms with Crippen LogP contribution in [0.1, 0.15) is 47.0 Å². The maximum atomic E-state index is 13.3. The van der Waals surface area contributed by atoms with Gasteiger partial charge in [0.1, 0.15) is 51.7 Å². The van der Waals surface area contributed by atoms with Gasteiger partial charge < -0.3 is 48.5 Å². The number of amides is 2. The molecule has 2 N–H and O–H groups in total. The third kappa shape index (κ3) is 16.2. The van der Waals surface area contributed by atoms with E-state index < -0.39 is 122 Å². The van der Waals surface area contributed by atoms with E-state index in [1.165, 1.54) is 0 Å². The number of hydrogen-bond acceptors (Lipinski definition) is 16. The molecular formula is C38H52N2O16. The minimum Gasteiger partial charge on any atom is -0.465 e. The monoisotopic (exact) mass is 792 g/mol. The van der Waals surface area contributed by atoms with Crippen molar-refractivity contribution >= 4 is 48.0 Å². The number of carbonyl (C=O) groups is 8. The molecule has 0 saturated heterocycles. The number of nitrogens with one attached hydrogen (secondary N) is 2. The molecule has 0 aliphatic heterocycles. The summed E-state index contributed by atoms with van der Waals surface area (Å²) in [5.74, 6) is -4.99. The highest BCUT2D eigenvalue weighted by Gasteiger charge is 2.47.